The highest BCUT2D eigenvalue weighted by molar-refractivity contribution is 6.03. The lowest BCUT2D eigenvalue weighted by molar-refractivity contribution is 0.0231. The Kier molecular flexibility index (Phi) is 5.20. The molecule has 0 aromatic heterocycles. The van der Waals surface area contributed by atoms with E-state index in [0.717, 1.165) is 40.3 Å². The molecule has 28 heavy (non-hydrogen) atoms. The molecule has 1 aliphatic rings. The molecule has 0 bridgehead atoms. The molecule has 0 saturated heterocycles. The zero-order valence-electron chi connectivity index (χ0n) is 16.5. The number of aryl methyl sites for hydroxylation is 2. The zero-order chi connectivity index (χ0) is 20.6. The molecule has 0 N–H and O–H groups in total. The lowest BCUT2D eigenvalue weighted by Gasteiger charge is -2.18. The number of alkyl halides is 2. The number of Topliss-reactive ketones (excluding diaryl/α,β-unsaturated/α-hetero) is 1. The number of aliphatic imine (C=N–C) groups is 1. The van der Waals surface area contributed by atoms with Crippen molar-refractivity contribution in [3.63, 3.8) is 0 Å². The predicted octanol–water partition coefficient (Wildman–Crippen LogP) is 5.66. The zero-order valence-corrected chi connectivity index (χ0v) is 16.5. The highest BCUT2D eigenvalue weighted by Crippen LogP contribution is 2.37. The number of hydrogen-bond donors (Lipinski definition) is 0. The quantitative estimate of drug-likeness (QED) is 0.388. The second-order valence-corrected chi connectivity index (χ2v) is 7.18. The maximum absolute atomic E-state index is 13.5. The van der Waals surface area contributed by atoms with Crippen LogP contribution < -0.4 is 0 Å². The van der Waals surface area contributed by atoms with Gasteiger partial charge in [0, 0.05) is 31.5 Å². The van der Waals surface area contributed by atoms with E-state index in [4.69, 9.17) is 4.74 Å². The summed E-state index contributed by atoms with van der Waals surface area (Å²) in [6, 6.07) is 9.41. The van der Waals surface area contributed by atoms with Gasteiger partial charge in [-0.15, -0.1) is 0 Å². The number of rotatable bonds is 4. The number of carbonyl (C=O) groups is 1. The molecule has 2 aromatic rings. The van der Waals surface area contributed by atoms with Gasteiger partial charge in [-0.05, 0) is 60.2 Å². The van der Waals surface area contributed by atoms with Crippen LogP contribution in [0.3, 0.4) is 0 Å². The number of carbonyl (C=O) groups excluding carboxylic acids is 1. The molecule has 3 nitrogen and oxygen atoms in total. The Balaban J connectivity index is 2.09. The summed E-state index contributed by atoms with van der Waals surface area (Å²) in [7, 11) is 1.49. The van der Waals surface area contributed by atoms with E-state index in [1.54, 1.807) is 6.07 Å². The summed E-state index contributed by atoms with van der Waals surface area (Å²) >= 11 is 0. The van der Waals surface area contributed by atoms with Crippen LogP contribution in [0, 0.1) is 13.8 Å². The first kappa shape index (κ1) is 19.9. The van der Waals surface area contributed by atoms with Crippen LogP contribution >= 0.6 is 0 Å². The van der Waals surface area contributed by atoms with Crippen molar-refractivity contribution in [2.75, 3.05) is 7.05 Å². The molecule has 3 rings (SSSR count). The number of nitrogens with zero attached hydrogens (tertiary/aromatic N) is 1. The summed E-state index contributed by atoms with van der Waals surface area (Å²) < 4.78 is 32.2. The average molecular weight is 383 g/mol. The standard InChI is InChI=1S/C23H23F2NO2/c1-13-6-8-16(22(26-5)28-15(3)23(4,24)25)12-19(13)21-14(2)7-9-17-18(21)10-11-20(17)27/h6-9,12H,3,10-11H2,1-2,4-5H3. The van der Waals surface area contributed by atoms with Crippen molar-refractivity contribution >= 4 is 11.7 Å². The summed E-state index contributed by atoms with van der Waals surface area (Å²) in [6.45, 7) is 8.04. The molecule has 0 radical (unpaired) electrons. The third-order valence-corrected chi connectivity index (χ3v) is 5.09. The van der Waals surface area contributed by atoms with Crippen LogP contribution in [0.15, 0.2) is 47.7 Å². The lowest BCUT2D eigenvalue weighted by Crippen LogP contribution is -2.19. The Morgan fingerprint density at radius 2 is 1.79 bits per heavy atom. The number of ketones is 1. The highest BCUT2D eigenvalue weighted by Gasteiger charge is 2.29. The van der Waals surface area contributed by atoms with Crippen molar-refractivity contribution in [2.45, 2.75) is 39.5 Å². The molecular weight excluding hydrogens is 360 g/mol. The van der Waals surface area contributed by atoms with Gasteiger partial charge >= 0.3 is 5.92 Å². The number of allylic oxidation sites excluding steroid dienone is 1. The van der Waals surface area contributed by atoms with Gasteiger partial charge in [-0.2, -0.15) is 8.78 Å². The average Bonchev–Trinajstić information content (AvgIpc) is 3.00. The third-order valence-electron chi connectivity index (χ3n) is 5.09. The molecule has 5 heteroatoms. The first-order chi connectivity index (χ1) is 13.1. The van der Waals surface area contributed by atoms with E-state index < -0.39 is 11.7 Å². The molecule has 2 aromatic carbocycles. The third kappa shape index (κ3) is 3.61. The number of hydrogen-bond acceptors (Lipinski definition) is 3. The van der Waals surface area contributed by atoms with Gasteiger partial charge in [-0.3, -0.25) is 9.79 Å². The number of ether oxygens (including phenoxy) is 1. The monoisotopic (exact) mass is 383 g/mol. The van der Waals surface area contributed by atoms with Crippen LogP contribution in [0.5, 0.6) is 0 Å². The van der Waals surface area contributed by atoms with Gasteiger partial charge in [0.25, 0.3) is 0 Å². The maximum Gasteiger partial charge on any atom is 0.301 e. The molecular formula is C23H23F2NO2. The molecule has 0 amide bonds. The summed E-state index contributed by atoms with van der Waals surface area (Å²) in [4.78, 5) is 16.2. The Labute approximate surface area is 163 Å². The molecule has 0 spiro atoms. The van der Waals surface area contributed by atoms with Gasteiger partial charge in [0.2, 0.25) is 5.90 Å². The normalized spacial score (nSPS) is 14.2. The van der Waals surface area contributed by atoms with Crippen molar-refractivity contribution in [1.29, 1.82) is 0 Å². The largest absolute Gasteiger partial charge is 0.437 e. The van der Waals surface area contributed by atoms with Crippen LogP contribution in [-0.4, -0.2) is 24.7 Å². The summed E-state index contributed by atoms with van der Waals surface area (Å²) in [5.41, 5.74) is 6.45. The smallest absolute Gasteiger partial charge is 0.301 e. The number of fused-ring (bicyclic) bond motifs is 1. The fraction of sp³-hybridized carbons (Fsp3) is 0.304. The topological polar surface area (TPSA) is 38.7 Å². The SMILES string of the molecule is C=C(OC(=NC)c1ccc(C)c(-c2c(C)ccc3c2CCC3=O)c1)C(C)(F)F. The summed E-state index contributed by atoms with van der Waals surface area (Å²) in [5, 5.41) is 0. The van der Waals surface area contributed by atoms with Gasteiger partial charge < -0.3 is 4.74 Å². The number of halogens is 2. The summed E-state index contributed by atoms with van der Waals surface area (Å²) in [6.07, 6.45) is 1.22. The van der Waals surface area contributed by atoms with Gasteiger partial charge in [0.15, 0.2) is 11.5 Å². The van der Waals surface area contributed by atoms with E-state index in [0.29, 0.717) is 18.4 Å². The van der Waals surface area contributed by atoms with Crippen molar-refractivity contribution in [2.24, 2.45) is 4.99 Å². The minimum Gasteiger partial charge on any atom is -0.437 e. The summed E-state index contributed by atoms with van der Waals surface area (Å²) in [5.74, 6) is -3.59. The van der Waals surface area contributed by atoms with Gasteiger partial charge in [0.1, 0.15) is 0 Å². The molecule has 0 heterocycles. The maximum atomic E-state index is 13.5. The van der Waals surface area contributed by atoms with E-state index in [9.17, 15) is 13.6 Å². The van der Waals surface area contributed by atoms with E-state index in [2.05, 4.69) is 11.6 Å². The lowest BCUT2D eigenvalue weighted by atomic mass is 9.89. The fourth-order valence-electron chi connectivity index (χ4n) is 3.50. The molecule has 0 saturated carbocycles. The van der Waals surface area contributed by atoms with Crippen molar-refractivity contribution in [1.82, 2.24) is 0 Å². The molecule has 0 unspecified atom stereocenters. The van der Waals surface area contributed by atoms with Gasteiger partial charge in [0.05, 0.1) is 0 Å². The molecule has 146 valence electrons. The molecule has 0 fully saturated rings. The van der Waals surface area contributed by atoms with Crippen LogP contribution in [-0.2, 0) is 11.2 Å². The first-order valence-electron chi connectivity index (χ1n) is 9.12. The van der Waals surface area contributed by atoms with Crippen LogP contribution in [0.4, 0.5) is 8.78 Å². The molecule has 0 atom stereocenters. The fourth-order valence-corrected chi connectivity index (χ4v) is 3.50. The van der Waals surface area contributed by atoms with E-state index in [1.807, 2.05) is 38.1 Å². The second kappa shape index (κ2) is 7.30. The second-order valence-electron chi connectivity index (χ2n) is 7.18. The minimum atomic E-state index is -3.17. The Morgan fingerprint density at radius 3 is 2.43 bits per heavy atom. The minimum absolute atomic E-state index is 0.0779. The van der Waals surface area contributed by atoms with Gasteiger partial charge in [-0.1, -0.05) is 24.8 Å². The van der Waals surface area contributed by atoms with Gasteiger partial charge in [-0.25, -0.2) is 0 Å². The Bertz CT molecular complexity index is 1000. The van der Waals surface area contributed by atoms with Crippen LogP contribution in [0.1, 0.15) is 46.0 Å². The Morgan fingerprint density at radius 1 is 1.11 bits per heavy atom. The van der Waals surface area contributed by atoms with E-state index >= 15 is 0 Å². The van der Waals surface area contributed by atoms with E-state index in [1.165, 1.54) is 7.05 Å². The molecule has 1 aliphatic carbocycles. The predicted molar refractivity (Wildman–Crippen MR) is 107 cm³/mol. The number of benzene rings is 2. The van der Waals surface area contributed by atoms with Crippen LogP contribution in [0.2, 0.25) is 0 Å². The van der Waals surface area contributed by atoms with Crippen molar-refractivity contribution in [3.05, 3.63) is 70.5 Å². The van der Waals surface area contributed by atoms with Crippen molar-refractivity contribution < 1.29 is 18.3 Å². The Hall–Kier alpha value is -2.82. The highest BCUT2D eigenvalue weighted by atomic mass is 19.3. The first-order valence-corrected chi connectivity index (χ1v) is 9.12. The van der Waals surface area contributed by atoms with E-state index in [-0.39, 0.29) is 11.7 Å². The van der Waals surface area contributed by atoms with Crippen molar-refractivity contribution in [3.8, 4) is 11.1 Å². The van der Waals surface area contributed by atoms with Crippen LogP contribution in [0.25, 0.3) is 11.1 Å². The molecule has 0 aliphatic heterocycles.